The Labute approximate surface area is 210 Å². The maximum atomic E-state index is 12.9. The molecule has 0 saturated carbocycles. The molecule has 1 unspecified atom stereocenters. The number of fused-ring (bicyclic) bond motifs is 1. The fourth-order valence-electron chi connectivity index (χ4n) is 4.14. The van der Waals surface area contributed by atoms with E-state index in [0.29, 0.717) is 24.7 Å². The van der Waals surface area contributed by atoms with Crippen molar-refractivity contribution in [2.75, 3.05) is 27.9 Å². The third kappa shape index (κ3) is 5.71. The van der Waals surface area contributed by atoms with Crippen molar-refractivity contribution in [2.45, 2.75) is 25.9 Å². The molecular weight excluding hydrogens is 458 g/mol. The SMILES string of the molecule is COc1cccc(OCCn2c(C(C)NC(=O)Cc3ccc(OC)c(OC)c3)nc3ccccc32)c1. The summed E-state index contributed by atoms with van der Waals surface area (Å²) in [5, 5.41) is 3.08. The van der Waals surface area contributed by atoms with Crippen LogP contribution >= 0.6 is 0 Å². The van der Waals surface area contributed by atoms with Gasteiger partial charge in [0.25, 0.3) is 0 Å². The van der Waals surface area contributed by atoms with E-state index in [9.17, 15) is 4.79 Å². The molecule has 0 fully saturated rings. The lowest BCUT2D eigenvalue weighted by atomic mass is 10.1. The van der Waals surface area contributed by atoms with Crippen LogP contribution in [-0.2, 0) is 17.8 Å². The molecule has 1 amide bonds. The second-order valence-corrected chi connectivity index (χ2v) is 8.29. The van der Waals surface area contributed by atoms with Gasteiger partial charge in [-0.1, -0.05) is 24.3 Å². The Hall–Kier alpha value is -4.20. The second-order valence-electron chi connectivity index (χ2n) is 8.29. The summed E-state index contributed by atoms with van der Waals surface area (Å²) >= 11 is 0. The number of carbonyl (C=O) groups is 1. The Bertz CT molecular complexity index is 1330. The summed E-state index contributed by atoms with van der Waals surface area (Å²) < 4.78 is 24.0. The molecule has 3 aromatic carbocycles. The summed E-state index contributed by atoms with van der Waals surface area (Å²) in [6.45, 7) is 2.95. The van der Waals surface area contributed by atoms with Crippen LogP contribution in [0.2, 0.25) is 0 Å². The van der Waals surface area contributed by atoms with E-state index in [-0.39, 0.29) is 18.4 Å². The fraction of sp³-hybridized carbons (Fsp3) is 0.286. The van der Waals surface area contributed by atoms with Gasteiger partial charge in [-0.2, -0.15) is 0 Å². The van der Waals surface area contributed by atoms with Crippen molar-refractivity contribution in [2.24, 2.45) is 0 Å². The van der Waals surface area contributed by atoms with Crippen molar-refractivity contribution in [3.8, 4) is 23.0 Å². The predicted molar refractivity (Wildman–Crippen MR) is 138 cm³/mol. The Balaban J connectivity index is 1.47. The minimum atomic E-state index is -0.304. The van der Waals surface area contributed by atoms with Gasteiger partial charge in [-0.3, -0.25) is 4.79 Å². The third-order valence-corrected chi connectivity index (χ3v) is 5.89. The zero-order valence-electron chi connectivity index (χ0n) is 21.0. The van der Waals surface area contributed by atoms with Crippen molar-refractivity contribution in [3.63, 3.8) is 0 Å². The number of amides is 1. The molecule has 188 valence electrons. The number of hydrogen-bond donors (Lipinski definition) is 1. The Morgan fingerprint density at radius 1 is 0.917 bits per heavy atom. The number of carbonyl (C=O) groups excluding carboxylic acids is 1. The van der Waals surface area contributed by atoms with E-state index in [4.69, 9.17) is 23.9 Å². The van der Waals surface area contributed by atoms with Crippen LogP contribution in [0, 0.1) is 0 Å². The molecule has 1 N–H and O–H groups in total. The first-order chi connectivity index (χ1) is 17.5. The molecule has 4 aromatic rings. The average Bonchev–Trinajstić information content (AvgIpc) is 3.27. The zero-order chi connectivity index (χ0) is 25.5. The maximum absolute atomic E-state index is 12.9. The smallest absolute Gasteiger partial charge is 0.224 e. The molecule has 0 aliphatic carbocycles. The van der Waals surface area contributed by atoms with Gasteiger partial charge in [0, 0.05) is 6.07 Å². The number of para-hydroxylation sites is 2. The summed E-state index contributed by atoms with van der Waals surface area (Å²) in [6.07, 6.45) is 0.212. The summed E-state index contributed by atoms with van der Waals surface area (Å²) in [7, 11) is 4.79. The number of nitrogens with zero attached hydrogens (tertiary/aromatic N) is 2. The highest BCUT2D eigenvalue weighted by molar-refractivity contribution is 5.80. The van der Waals surface area contributed by atoms with Crippen LogP contribution in [0.4, 0.5) is 0 Å². The molecule has 1 atom stereocenters. The monoisotopic (exact) mass is 489 g/mol. The molecule has 0 bridgehead atoms. The first kappa shape index (κ1) is 24.9. The molecule has 4 rings (SSSR count). The number of ether oxygens (including phenoxy) is 4. The van der Waals surface area contributed by atoms with E-state index in [0.717, 1.165) is 33.9 Å². The highest BCUT2D eigenvalue weighted by atomic mass is 16.5. The van der Waals surface area contributed by atoms with Crippen LogP contribution in [0.5, 0.6) is 23.0 Å². The quantitative estimate of drug-likeness (QED) is 0.333. The topological polar surface area (TPSA) is 83.8 Å². The largest absolute Gasteiger partial charge is 0.497 e. The van der Waals surface area contributed by atoms with Crippen LogP contribution < -0.4 is 24.3 Å². The Morgan fingerprint density at radius 2 is 1.69 bits per heavy atom. The van der Waals surface area contributed by atoms with E-state index in [1.807, 2.05) is 67.6 Å². The number of aromatic nitrogens is 2. The van der Waals surface area contributed by atoms with E-state index in [2.05, 4.69) is 9.88 Å². The fourth-order valence-corrected chi connectivity index (χ4v) is 4.14. The van der Waals surface area contributed by atoms with Crippen LogP contribution in [-0.4, -0.2) is 43.4 Å². The number of methoxy groups -OCH3 is 3. The first-order valence-corrected chi connectivity index (χ1v) is 11.7. The lowest BCUT2D eigenvalue weighted by Gasteiger charge is -2.17. The molecule has 0 aliphatic rings. The van der Waals surface area contributed by atoms with Crippen LogP contribution in [0.15, 0.2) is 66.7 Å². The highest BCUT2D eigenvalue weighted by Crippen LogP contribution is 2.28. The number of benzene rings is 3. The normalized spacial score (nSPS) is 11.7. The summed E-state index contributed by atoms with van der Waals surface area (Å²) in [5.74, 6) is 3.35. The standard InChI is InChI=1S/C28H31N3O5/c1-19(29-27(32)17-20-12-13-25(34-3)26(16-20)35-4)28-30-23-10-5-6-11-24(23)31(28)14-15-36-22-9-7-8-21(18-22)33-2/h5-13,16,18-19H,14-15,17H2,1-4H3,(H,29,32). The lowest BCUT2D eigenvalue weighted by molar-refractivity contribution is -0.121. The van der Waals surface area contributed by atoms with Gasteiger partial charge in [0.15, 0.2) is 11.5 Å². The molecular formula is C28H31N3O5. The molecule has 1 heterocycles. The average molecular weight is 490 g/mol. The predicted octanol–water partition coefficient (Wildman–Crippen LogP) is 4.56. The van der Waals surface area contributed by atoms with E-state index in [1.165, 1.54) is 0 Å². The van der Waals surface area contributed by atoms with Gasteiger partial charge in [0.2, 0.25) is 5.91 Å². The number of rotatable bonds is 11. The molecule has 0 saturated heterocycles. The van der Waals surface area contributed by atoms with Crippen molar-refractivity contribution in [1.29, 1.82) is 0 Å². The molecule has 36 heavy (non-hydrogen) atoms. The van der Waals surface area contributed by atoms with Gasteiger partial charge in [-0.25, -0.2) is 4.98 Å². The van der Waals surface area contributed by atoms with Gasteiger partial charge in [-0.05, 0) is 48.9 Å². The maximum Gasteiger partial charge on any atom is 0.224 e. The van der Waals surface area contributed by atoms with Crippen LogP contribution in [0.1, 0.15) is 24.4 Å². The van der Waals surface area contributed by atoms with E-state index >= 15 is 0 Å². The van der Waals surface area contributed by atoms with Crippen LogP contribution in [0.25, 0.3) is 11.0 Å². The Kier molecular flexibility index (Phi) is 7.95. The molecule has 0 radical (unpaired) electrons. The van der Waals surface area contributed by atoms with Crippen molar-refractivity contribution < 1.29 is 23.7 Å². The molecule has 0 aliphatic heterocycles. The van der Waals surface area contributed by atoms with Crippen molar-refractivity contribution >= 4 is 16.9 Å². The van der Waals surface area contributed by atoms with Gasteiger partial charge >= 0.3 is 0 Å². The third-order valence-electron chi connectivity index (χ3n) is 5.89. The first-order valence-electron chi connectivity index (χ1n) is 11.7. The minimum Gasteiger partial charge on any atom is -0.497 e. The second kappa shape index (κ2) is 11.5. The molecule has 0 spiro atoms. The summed E-state index contributed by atoms with van der Waals surface area (Å²) in [5.41, 5.74) is 2.69. The van der Waals surface area contributed by atoms with Gasteiger partial charge < -0.3 is 28.8 Å². The number of imidazole rings is 1. The zero-order valence-corrected chi connectivity index (χ0v) is 21.0. The molecule has 1 aromatic heterocycles. The van der Waals surface area contributed by atoms with Gasteiger partial charge in [0.05, 0.1) is 51.4 Å². The van der Waals surface area contributed by atoms with E-state index in [1.54, 1.807) is 27.4 Å². The van der Waals surface area contributed by atoms with Crippen molar-refractivity contribution in [3.05, 3.63) is 78.1 Å². The number of nitrogens with one attached hydrogen (secondary N) is 1. The van der Waals surface area contributed by atoms with Gasteiger partial charge in [-0.15, -0.1) is 0 Å². The Morgan fingerprint density at radius 3 is 2.47 bits per heavy atom. The lowest BCUT2D eigenvalue weighted by Crippen LogP contribution is -2.30. The van der Waals surface area contributed by atoms with Crippen LogP contribution in [0.3, 0.4) is 0 Å². The van der Waals surface area contributed by atoms with E-state index < -0.39 is 0 Å². The highest BCUT2D eigenvalue weighted by Gasteiger charge is 2.19. The molecule has 8 heteroatoms. The number of hydrogen-bond acceptors (Lipinski definition) is 6. The van der Waals surface area contributed by atoms with Gasteiger partial charge in [0.1, 0.15) is 23.9 Å². The molecule has 8 nitrogen and oxygen atoms in total. The van der Waals surface area contributed by atoms with Crippen molar-refractivity contribution in [1.82, 2.24) is 14.9 Å². The summed E-state index contributed by atoms with van der Waals surface area (Å²) in [4.78, 5) is 17.7. The minimum absolute atomic E-state index is 0.110. The summed E-state index contributed by atoms with van der Waals surface area (Å²) in [6, 6.07) is 20.6.